The first kappa shape index (κ1) is 14.2. The number of hydrogen-bond acceptors (Lipinski definition) is 2. The fraction of sp³-hybridized carbons (Fsp3) is 0.278. The molecule has 1 fully saturated rings. The van der Waals surface area contributed by atoms with Crippen LogP contribution < -0.4 is 5.32 Å². The quantitative estimate of drug-likeness (QED) is 0.863. The van der Waals surface area contributed by atoms with Gasteiger partial charge in [0.2, 0.25) is 5.91 Å². The van der Waals surface area contributed by atoms with Crippen molar-refractivity contribution in [3.05, 3.63) is 54.6 Å². The summed E-state index contributed by atoms with van der Waals surface area (Å²) in [5, 5.41) is 3.11. The third-order valence-electron chi connectivity index (χ3n) is 3.84. The van der Waals surface area contributed by atoms with Crippen molar-refractivity contribution in [3.63, 3.8) is 0 Å². The third kappa shape index (κ3) is 3.67. The van der Waals surface area contributed by atoms with Crippen LogP contribution in [-0.2, 0) is 4.79 Å². The van der Waals surface area contributed by atoms with Crippen molar-refractivity contribution >= 4 is 23.4 Å². The topological polar surface area (TPSA) is 29.1 Å². The third-order valence-corrected chi connectivity index (χ3v) is 4.93. The van der Waals surface area contributed by atoms with Crippen LogP contribution >= 0.6 is 11.8 Å². The van der Waals surface area contributed by atoms with Crippen molar-refractivity contribution in [1.29, 1.82) is 0 Å². The standard InChI is InChI=1S/C18H19NOS/c20-18(14-8-4-5-9-14)19-16-12-6-7-13-17(16)21-15-10-2-1-3-11-15/h1-3,6-7,10-14H,4-5,8-9H2,(H,19,20). The van der Waals surface area contributed by atoms with Gasteiger partial charge in [0, 0.05) is 15.7 Å². The zero-order valence-electron chi connectivity index (χ0n) is 11.9. The molecule has 0 aromatic heterocycles. The van der Waals surface area contributed by atoms with Crippen LogP contribution in [0.4, 0.5) is 5.69 Å². The largest absolute Gasteiger partial charge is 0.325 e. The molecule has 3 rings (SSSR count). The lowest BCUT2D eigenvalue weighted by atomic mass is 10.1. The summed E-state index contributed by atoms with van der Waals surface area (Å²) in [6.45, 7) is 0. The molecule has 1 N–H and O–H groups in total. The molecular formula is C18H19NOS. The molecule has 3 heteroatoms. The van der Waals surface area contributed by atoms with E-state index >= 15 is 0 Å². The number of para-hydroxylation sites is 1. The van der Waals surface area contributed by atoms with Crippen molar-refractivity contribution in [2.75, 3.05) is 5.32 Å². The first-order chi connectivity index (χ1) is 10.3. The Bertz CT molecular complexity index is 606. The molecule has 0 aliphatic heterocycles. The molecule has 1 aliphatic carbocycles. The number of rotatable bonds is 4. The zero-order chi connectivity index (χ0) is 14.5. The number of amides is 1. The number of carbonyl (C=O) groups excluding carboxylic acids is 1. The van der Waals surface area contributed by atoms with E-state index in [4.69, 9.17) is 0 Å². The second kappa shape index (κ2) is 6.81. The predicted octanol–water partition coefficient (Wildman–Crippen LogP) is 4.97. The van der Waals surface area contributed by atoms with E-state index in [1.165, 1.54) is 17.7 Å². The predicted molar refractivity (Wildman–Crippen MR) is 87.6 cm³/mol. The number of carbonyl (C=O) groups is 1. The molecule has 0 heterocycles. The van der Waals surface area contributed by atoms with Crippen LogP contribution in [0.2, 0.25) is 0 Å². The summed E-state index contributed by atoms with van der Waals surface area (Å²) in [6.07, 6.45) is 4.41. The van der Waals surface area contributed by atoms with Gasteiger partial charge in [-0.05, 0) is 37.1 Å². The summed E-state index contributed by atoms with van der Waals surface area (Å²) in [6, 6.07) is 18.3. The highest BCUT2D eigenvalue weighted by Gasteiger charge is 2.23. The van der Waals surface area contributed by atoms with E-state index in [0.717, 1.165) is 23.4 Å². The Labute approximate surface area is 130 Å². The number of benzene rings is 2. The van der Waals surface area contributed by atoms with Gasteiger partial charge in [-0.1, -0.05) is 54.9 Å². The highest BCUT2D eigenvalue weighted by molar-refractivity contribution is 7.99. The molecule has 2 aromatic carbocycles. The second-order valence-corrected chi connectivity index (χ2v) is 6.50. The normalized spacial score (nSPS) is 15.0. The van der Waals surface area contributed by atoms with Crippen LogP contribution in [-0.4, -0.2) is 5.91 Å². The lowest BCUT2D eigenvalue weighted by Crippen LogP contribution is -2.20. The van der Waals surface area contributed by atoms with Gasteiger partial charge in [-0.25, -0.2) is 0 Å². The molecular weight excluding hydrogens is 278 g/mol. The molecule has 0 bridgehead atoms. The lowest BCUT2D eigenvalue weighted by molar-refractivity contribution is -0.119. The molecule has 2 aromatic rings. The van der Waals surface area contributed by atoms with Gasteiger partial charge in [-0.2, -0.15) is 0 Å². The zero-order valence-corrected chi connectivity index (χ0v) is 12.7. The molecule has 1 amide bonds. The van der Waals surface area contributed by atoms with Crippen molar-refractivity contribution in [2.45, 2.75) is 35.5 Å². The first-order valence-corrected chi connectivity index (χ1v) is 8.27. The van der Waals surface area contributed by atoms with Crippen LogP contribution in [0.25, 0.3) is 0 Å². The van der Waals surface area contributed by atoms with Crippen LogP contribution in [0, 0.1) is 5.92 Å². The number of hydrogen-bond donors (Lipinski definition) is 1. The molecule has 2 nitrogen and oxygen atoms in total. The molecule has 0 saturated heterocycles. The van der Waals surface area contributed by atoms with Gasteiger partial charge in [0.15, 0.2) is 0 Å². The van der Waals surface area contributed by atoms with E-state index in [1.807, 2.05) is 36.4 Å². The Balaban J connectivity index is 1.74. The van der Waals surface area contributed by atoms with E-state index < -0.39 is 0 Å². The maximum atomic E-state index is 12.3. The fourth-order valence-corrected chi connectivity index (χ4v) is 3.62. The fourth-order valence-electron chi connectivity index (χ4n) is 2.70. The highest BCUT2D eigenvalue weighted by Crippen LogP contribution is 2.34. The van der Waals surface area contributed by atoms with Crippen molar-refractivity contribution in [2.24, 2.45) is 5.92 Å². The molecule has 108 valence electrons. The Morgan fingerprint density at radius 2 is 1.62 bits per heavy atom. The molecule has 0 spiro atoms. The highest BCUT2D eigenvalue weighted by atomic mass is 32.2. The van der Waals surface area contributed by atoms with Crippen molar-refractivity contribution < 1.29 is 4.79 Å². The van der Waals surface area contributed by atoms with E-state index in [0.29, 0.717) is 0 Å². The van der Waals surface area contributed by atoms with Gasteiger partial charge >= 0.3 is 0 Å². The molecule has 21 heavy (non-hydrogen) atoms. The summed E-state index contributed by atoms with van der Waals surface area (Å²) in [5.41, 5.74) is 0.920. The maximum absolute atomic E-state index is 12.3. The van der Waals surface area contributed by atoms with Gasteiger partial charge in [0.1, 0.15) is 0 Å². The molecule has 1 saturated carbocycles. The summed E-state index contributed by atoms with van der Waals surface area (Å²) < 4.78 is 0. The van der Waals surface area contributed by atoms with Gasteiger partial charge in [-0.15, -0.1) is 0 Å². The minimum atomic E-state index is 0.175. The molecule has 0 radical (unpaired) electrons. The summed E-state index contributed by atoms with van der Waals surface area (Å²) in [7, 11) is 0. The van der Waals surface area contributed by atoms with Crippen LogP contribution in [0.3, 0.4) is 0 Å². The van der Waals surface area contributed by atoms with Gasteiger partial charge in [0.25, 0.3) is 0 Å². The lowest BCUT2D eigenvalue weighted by Gasteiger charge is -2.13. The van der Waals surface area contributed by atoms with Crippen LogP contribution in [0.5, 0.6) is 0 Å². The first-order valence-electron chi connectivity index (χ1n) is 7.46. The van der Waals surface area contributed by atoms with E-state index in [-0.39, 0.29) is 11.8 Å². The summed E-state index contributed by atoms with van der Waals surface area (Å²) >= 11 is 1.68. The number of nitrogens with one attached hydrogen (secondary N) is 1. The minimum Gasteiger partial charge on any atom is -0.325 e. The summed E-state index contributed by atoms with van der Waals surface area (Å²) in [5.74, 6) is 0.369. The Morgan fingerprint density at radius 3 is 2.38 bits per heavy atom. The second-order valence-electron chi connectivity index (χ2n) is 5.38. The molecule has 0 atom stereocenters. The smallest absolute Gasteiger partial charge is 0.227 e. The van der Waals surface area contributed by atoms with E-state index in [9.17, 15) is 4.79 Å². The van der Waals surface area contributed by atoms with E-state index in [2.05, 4.69) is 23.5 Å². The van der Waals surface area contributed by atoms with Crippen LogP contribution in [0.1, 0.15) is 25.7 Å². The average Bonchev–Trinajstić information content (AvgIpc) is 3.05. The SMILES string of the molecule is O=C(Nc1ccccc1Sc1ccccc1)C1CCCC1. The van der Waals surface area contributed by atoms with Gasteiger partial charge in [0.05, 0.1) is 5.69 Å². The number of anilines is 1. The van der Waals surface area contributed by atoms with Crippen molar-refractivity contribution in [3.8, 4) is 0 Å². The van der Waals surface area contributed by atoms with Gasteiger partial charge in [-0.3, -0.25) is 4.79 Å². The van der Waals surface area contributed by atoms with E-state index in [1.54, 1.807) is 11.8 Å². The minimum absolute atomic E-state index is 0.175. The Hall–Kier alpha value is -1.74. The molecule has 0 unspecified atom stereocenters. The average molecular weight is 297 g/mol. The van der Waals surface area contributed by atoms with Gasteiger partial charge < -0.3 is 5.32 Å². The van der Waals surface area contributed by atoms with Crippen LogP contribution in [0.15, 0.2) is 64.4 Å². The monoisotopic (exact) mass is 297 g/mol. The van der Waals surface area contributed by atoms with Crippen molar-refractivity contribution in [1.82, 2.24) is 0 Å². The Kier molecular flexibility index (Phi) is 4.61. The summed E-state index contributed by atoms with van der Waals surface area (Å²) in [4.78, 5) is 14.6. The Morgan fingerprint density at radius 1 is 0.952 bits per heavy atom. The molecule has 1 aliphatic rings. The maximum Gasteiger partial charge on any atom is 0.227 e.